The van der Waals surface area contributed by atoms with Gasteiger partial charge in [0.1, 0.15) is 4.92 Å². The van der Waals surface area contributed by atoms with E-state index in [2.05, 4.69) is 27.3 Å². The Morgan fingerprint density at radius 1 is 1.38 bits per heavy atom. The summed E-state index contributed by atoms with van der Waals surface area (Å²) in [7, 11) is 0. The minimum Gasteiger partial charge on any atom is -0.400 e. The fourth-order valence-electron chi connectivity index (χ4n) is 2.47. The molecular formula is C15H23N5O4. The third-order valence-electron chi connectivity index (χ3n) is 3.83. The van der Waals surface area contributed by atoms with Gasteiger partial charge < -0.3 is 9.32 Å². The fourth-order valence-corrected chi connectivity index (χ4v) is 2.47. The van der Waals surface area contributed by atoms with Gasteiger partial charge in [-0.25, -0.2) is 5.43 Å². The van der Waals surface area contributed by atoms with Gasteiger partial charge in [-0.3, -0.25) is 19.8 Å². The highest BCUT2D eigenvalue weighted by Crippen LogP contribution is 2.13. The summed E-state index contributed by atoms with van der Waals surface area (Å²) in [6.45, 7) is 7.28. The lowest BCUT2D eigenvalue weighted by molar-refractivity contribution is -0.402. The van der Waals surface area contributed by atoms with E-state index in [1.807, 2.05) is 0 Å². The topological polar surface area (TPSA) is 104 Å². The number of unbranched alkanes of at least 4 members (excludes halogenated alkanes) is 1. The highest BCUT2D eigenvalue weighted by Gasteiger charge is 2.18. The van der Waals surface area contributed by atoms with Crippen LogP contribution in [0.5, 0.6) is 0 Å². The predicted molar refractivity (Wildman–Crippen MR) is 88.9 cm³/mol. The summed E-state index contributed by atoms with van der Waals surface area (Å²) in [6.07, 6.45) is 3.65. The molecule has 24 heavy (non-hydrogen) atoms. The second-order valence-electron chi connectivity index (χ2n) is 5.70. The summed E-state index contributed by atoms with van der Waals surface area (Å²) in [4.78, 5) is 26.2. The van der Waals surface area contributed by atoms with E-state index in [-0.39, 0.29) is 24.1 Å². The molecule has 1 amide bonds. The van der Waals surface area contributed by atoms with Crippen molar-refractivity contribution in [1.82, 2.24) is 15.2 Å². The zero-order valence-electron chi connectivity index (χ0n) is 13.8. The Hall–Kier alpha value is -2.26. The van der Waals surface area contributed by atoms with Crippen LogP contribution in [0.1, 0.15) is 25.5 Å². The number of piperazine rings is 1. The molecule has 2 rings (SSSR count). The maximum Gasteiger partial charge on any atom is 0.433 e. The predicted octanol–water partition coefficient (Wildman–Crippen LogP) is 1.06. The molecule has 1 aliphatic heterocycles. The molecule has 0 saturated carbocycles. The van der Waals surface area contributed by atoms with Crippen molar-refractivity contribution in [3.63, 3.8) is 0 Å². The molecule has 0 bridgehead atoms. The van der Waals surface area contributed by atoms with E-state index in [4.69, 9.17) is 4.42 Å². The summed E-state index contributed by atoms with van der Waals surface area (Å²) in [5.41, 5.74) is 2.41. The number of hydrogen-bond donors (Lipinski definition) is 1. The summed E-state index contributed by atoms with van der Waals surface area (Å²) in [5.74, 6) is -0.357. The Morgan fingerprint density at radius 2 is 2.08 bits per heavy atom. The van der Waals surface area contributed by atoms with E-state index in [1.165, 1.54) is 31.2 Å². The molecule has 9 heteroatoms. The second-order valence-corrected chi connectivity index (χ2v) is 5.70. The van der Waals surface area contributed by atoms with Gasteiger partial charge in [0.25, 0.3) is 5.91 Å². The zero-order chi connectivity index (χ0) is 17.4. The summed E-state index contributed by atoms with van der Waals surface area (Å²) >= 11 is 0. The summed E-state index contributed by atoms with van der Waals surface area (Å²) < 4.78 is 4.91. The van der Waals surface area contributed by atoms with E-state index >= 15 is 0 Å². The van der Waals surface area contributed by atoms with Crippen LogP contribution >= 0.6 is 0 Å². The van der Waals surface area contributed by atoms with Crippen LogP contribution in [-0.4, -0.2) is 66.1 Å². The molecule has 1 N–H and O–H groups in total. The third kappa shape index (κ3) is 5.74. The quantitative estimate of drug-likeness (QED) is 0.432. The molecule has 1 aromatic rings. The molecular weight excluding hydrogens is 314 g/mol. The van der Waals surface area contributed by atoms with Gasteiger partial charge in [-0.2, -0.15) is 5.10 Å². The van der Waals surface area contributed by atoms with E-state index < -0.39 is 4.92 Å². The fraction of sp³-hybridized carbons (Fsp3) is 0.600. The molecule has 2 heterocycles. The average molecular weight is 337 g/mol. The van der Waals surface area contributed by atoms with Gasteiger partial charge in [0.15, 0.2) is 5.76 Å². The first-order chi connectivity index (χ1) is 11.6. The molecule has 0 aliphatic carbocycles. The van der Waals surface area contributed by atoms with Crippen LogP contribution in [0.4, 0.5) is 5.88 Å². The standard InChI is InChI=1S/C15H23N5O4/c1-2-3-6-18-7-9-19(10-8-18)12-14(21)17-16-11-13-4-5-15(24-13)20(22)23/h4-5,11H,2-3,6-10,12H2,1H3,(H,17,21)/b16-11-. The highest BCUT2D eigenvalue weighted by atomic mass is 16.6. The number of amides is 1. The number of furan rings is 1. The van der Waals surface area contributed by atoms with Gasteiger partial charge >= 0.3 is 5.88 Å². The lowest BCUT2D eigenvalue weighted by Crippen LogP contribution is -2.49. The van der Waals surface area contributed by atoms with Crippen molar-refractivity contribution in [3.05, 3.63) is 28.0 Å². The molecule has 0 aromatic carbocycles. The van der Waals surface area contributed by atoms with E-state index in [1.54, 1.807) is 0 Å². The van der Waals surface area contributed by atoms with Crippen LogP contribution in [0.15, 0.2) is 21.7 Å². The van der Waals surface area contributed by atoms with Crippen LogP contribution in [0.25, 0.3) is 0 Å². The Labute approximate surface area is 140 Å². The maximum absolute atomic E-state index is 11.8. The van der Waals surface area contributed by atoms with Gasteiger partial charge in [-0.15, -0.1) is 0 Å². The number of nitrogens with zero attached hydrogens (tertiary/aromatic N) is 4. The van der Waals surface area contributed by atoms with Crippen LogP contribution in [0.3, 0.4) is 0 Å². The van der Waals surface area contributed by atoms with Crippen LogP contribution < -0.4 is 5.43 Å². The van der Waals surface area contributed by atoms with Crippen LogP contribution in [0, 0.1) is 10.1 Å². The van der Waals surface area contributed by atoms with Crippen molar-refractivity contribution in [2.45, 2.75) is 19.8 Å². The highest BCUT2D eigenvalue weighted by molar-refractivity contribution is 5.81. The lowest BCUT2D eigenvalue weighted by Gasteiger charge is -2.34. The molecule has 9 nitrogen and oxygen atoms in total. The monoisotopic (exact) mass is 337 g/mol. The van der Waals surface area contributed by atoms with Crippen molar-refractivity contribution in [2.24, 2.45) is 5.10 Å². The van der Waals surface area contributed by atoms with Crippen molar-refractivity contribution < 1.29 is 14.1 Å². The molecule has 132 valence electrons. The Morgan fingerprint density at radius 3 is 2.71 bits per heavy atom. The summed E-state index contributed by atoms with van der Waals surface area (Å²) in [5, 5.41) is 14.2. The first kappa shape index (κ1) is 18.1. The van der Waals surface area contributed by atoms with E-state index in [0.29, 0.717) is 0 Å². The number of nitrogens with one attached hydrogen (secondary N) is 1. The van der Waals surface area contributed by atoms with Gasteiger partial charge in [0.2, 0.25) is 0 Å². The lowest BCUT2D eigenvalue weighted by atomic mass is 10.2. The Balaban J connectivity index is 1.68. The number of hydrogen-bond acceptors (Lipinski definition) is 7. The van der Waals surface area contributed by atoms with Gasteiger partial charge in [-0.05, 0) is 19.0 Å². The van der Waals surface area contributed by atoms with Gasteiger partial charge in [0, 0.05) is 26.2 Å². The SMILES string of the molecule is CCCCN1CCN(CC(=O)N/N=C\c2ccc([N+](=O)[O-])o2)CC1. The molecule has 0 unspecified atom stereocenters. The van der Waals surface area contributed by atoms with Crippen molar-refractivity contribution in [2.75, 3.05) is 39.3 Å². The van der Waals surface area contributed by atoms with Crippen molar-refractivity contribution in [3.8, 4) is 0 Å². The smallest absolute Gasteiger partial charge is 0.400 e. The average Bonchev–Trinajstić information content (AvgIpc) is 3.03. The Bertz CT molecular complexity index is 578. The summed E-state index contributed by atoms with van der Waals surface area (Å²) in [6, 6.07) is 2.66. The number of hydrazone groups is 1. The molecule has 1 saturated heterocycles. The minimum atomic E-state index is -0.629. The molecule has 1 fully saturated rings. The molecule has 0 spiro atoms. The molecule has 0 radical (unpaired) electrons. The van der Waals surface area contributed by atoms with Crippen LogP contribution in [0.2, 0.25) is 0 Å². The maximum atomic E-state index is 11.8. The molecule has 1 aromatic heterocycles. The number of nitro groups is 1. The normalized spacial score (nSPS) is 16.5. The molecule has 0 atom stereocenters. The Kier molecular flexibility index (Phi) is 6.89. The van der Waals surface area contributed by atoms with Crippen LogP contribution in [-0.2, 0) is 4.79 Å². The van der Waals surface area contributed by atoms with Gasteiger partial charge in [0.05, 0.1) is 18.8 Å². The third-order valence-corrected chi connectivity index (χ3v) is 3.83. The first-order valence-electron chi connectivity index (χ1n) is 8.09. The van der Waals surface area contributed by atoms with Crippen molar-refractivity contribution >= 4 is 18.0 Å². The number of carbonyl (C=O) groups excluding carboxylic acids is 1. The van der Waals surface area contributed by atoms with Crippen molar-refractivity contribution in [1.29, 1.82) is 0 Å². The van der Waals surface area contributed by atoms with Gasteiger partial charge in [-0.1, -0.05) is 13.3 Å². The number of carbonyl (C=O) groups is 1. The van der Waals surface area contributed by atoms with E-state index in [9.17, 15) is 14.9 Å². The van der Waals surface area contributed by atoms with E-state index in [0.717, 1.165) is 32.7 Å². The second kappa shape index (κ2) is 9.14. The minimum absolute atomic E-state index is 0.214. The largest absolute Gasteiger partial charge is 0.433 e. The first-order valence-corrected chi connectivity index (χ1v) is 8.09. The molecule has 1 aliphatic rings. The number of rotatable bonds is 8. The zero-order valence-corrected chi connectivity index (χ0v) is 13.8.